The van der Waals surface area contributed by atoms with Crippen LogP contribution in [0, 0.1) is 17.2 Å². The number of imidazole rings is 1. The van der Waals surface area contributed by atoms with Crippen molar-refractivity contribution in [3.8, 4) is 23.3 Å². The van der Waals surface area contributed by atoms with Crippen molar-refractivity contribution in [2.75, 3.05) is 25.8 Å². The minimum Gasteiger partial charge on any atom is -0.497 e. The number of carbonyl (C=O) groups excluding carboxylic acids is 1. The summed E-state index contributed by atoms with van der Waals surface area (Å²) in [6.07, 6.45) is 4.50. The number of anilines is 1. The van der Waals surface area contributed by atoms with Crippen molar-refractivity contribution in [1.29, 1.82) is 5.26 Å². The van der Waals surface area contributed by atoms with Gasteiger partial charge in [0.2, 0.25) is 12.7 Å². The summed E-state index contributed by atoms with van der Waals surface area (Å²) in [5, 5.41) is 16.3. The van der Waals surface area contributed by atoms with E-state index in [1.807, 2.05) is 59.2 Å². The van der Waals surface area contributed by atoms with Crippen LogP contribution in [-0.4, -0.2) is 52.0 Å². The SMILES string of the molecule is CC[C@H](C)[C@@H](CN(Cc1ccc2c(c1)OCO2)C(=S)Nc1ccc(OC)cc1)NC(=O)Cc1cncn1Cc1ccc(C#N)cc1. The third kappa shape index (κ3) is 8.34. The Hall–Kier alpha value is -5.08. The molecule has 0 saturated carbocycles. The highest BCUT2D eigenvalue weighted by molar-refractivity contribution is 7.80. The Morgan fingerprint density at radius 2 is 1.85 bits per heavy atom. The molecule has 10 nitrogen and oxygen atoms in total. The zero-order valence-corrected chi connectivity index (χ0v) is 27.0. The number of carbonyl (C=O) groups is 1. The summed E-state index contributed by atoms with van der Waals surface area (Å²) in [7, 11) is 1.63. The molecule has 238 valence electrons. The predicted molar refractivity (Wildman–Crippen MR) is 180 cm³/mol. The third-order valence-electron chi connectivity index (χ3n) is 8.11. The van der Waals surface area contributed by atoms with Gasteiger partial charge in [0.1, 0.15) is 5.75 Å². The van der Waals surface area contributed by atoms with E-state index in [4.69, 9.17) is 31.7 Å². The largest absolute Gasteiger partial charge is 0.497 e. The number of nitrogens with zero attached hydrogens (tertiary/aromatic N) is 4. The summed E-state index contributed by atoms with van der Waals surface area (Å²) < 4.78 is 18.4. The summed E-state index contributed by atoms with van der Waals surface area (Å²) in [4.78, 5) is 19.9. The van der Waals surface area contributed by atoms with Gasteiger partial charge in [-0.15, -0.1) is 0 Å². The second kappa shape index (κ2) is 15.3. The molecule has 0 saturated heterocycles. The molecule has 2 atom stereocenters. The maximum absolute atomic E-state index is 13.5. The number of nitrogens with one attached hydrogen (secondary N) is 2. The number of hydrogen-bond donors (Lipinski definition) is 2. The average molecular weight is 639 g/mol. The molecule has 46 heavy (non-hydrogen) atoms. The highest BCUT2D eigenvalue weighted by Crippen LogP contribution is 2.33. The van der Waals surface area contributed by atoms with Gasteiger partial charge in [-0.1, -0.05) is 38.5 Å². The maximum Gasteiger partial charge on any atom is 0.231 e. The van der Waals surface area contributed by atoms with Gasteiger partial charge in [0.25, 0.3) is 0 Å². The van der Waals surface area contributed by atoms with Crippen molar-refractivity contribution in [3.05, 3.63) is 102 Å². The van der Waals surface area contributed by atoms with Crippen molar-refractivity contribution >= 4 is 28.9 Å². The molecule has 0 spiro atoms. The normalized spacial score (nSPS) is 12.9. The standard InChI is InChI=1S/C35H38N6O4S/c1-4-24(2)31(39-34(42)16-29-18-37-22-41(29)19-26-7-5-25(17-36)6-8-26)21-40(20-27-9-14-32-33(15-27)45-23-44-32)35(46)38-28-10-12-30(43-3)13-11-28/h5-15,18,22,24,31H,4,16,19-21,23H2,1-3H3,(H,38,46)(H,39,42)/t24-,31+/m0/s1. The van der Waals surface area contributed by atoms with Crippen molar-refractivity contribution in [2.45, 2.75) is 45.8 Å². The molecule has 4 aromatic rings. The van der Waals surface area contributed by atoms with Crippen LogP contribution in [0.2, 0.25) is 0 Å². The Morgan fingerprint density at radius 1 is 1.11 bits per heavy atom. The van der Waals surface area contributed by atoms with Gasteiger partial charge in [0, 0.05) is 43.3 Å². The van der Waals surface area contributed by atoms with Crippen LogP contribution in [0.1, 0.15) is 42.7 Å². The van der Waals surface area contributed by atoms with E-state index in [9.17, 15) is 4.79 Å². The number of benzene rings is 3. The van der Waals surface area contributed by atoms with E-state index < -0.39 is 0 Å². The number of aromatic nitrogens is 2. The van der Waals surface area contributed by atoms with Gasteiger partial charge in [0.15, 0.2) is 16.6 Å². The fourth-order valence-corrected chi connectivity index (χ4v) is 5.44. The molecule has 2 heterocycles. The Morgan fingerprint density at radius 3 is 2.57 bits per heavy atom. The van der Waals surface area contributed by atoms with E-state index in [1.54, 1.807) is 31.8 Å². The second-order valence-corrected chi connectivity index (χ2v) is 11.7. The molecule has 0 fully saturated rings. The number of rotatable bonds is 13. The van der Waals surface area contributed by atoms with Crippen LogP contribution >= 0.6 is 12.2 Å². The molecule has 3 aromatic carbocycles. The van der Waals surface area contributed by atoms with Gasteiger partial charge in [-0.25, -0.2) is 4.98 Å². The molecule has 0 bridgehead atoms. The fourth-order valence-electron chi connectivity index (χ4n) is 5.19. The maximum atomic E-state index is 13.5. The number of fused-ring (bicyclic) bond motifs is 1. The van der Waals surface area contributed by atoms with Crippen LogP contribution in [0.5, 0.6) is 17.2 Å². The predicted octanol–water partition coefficient (Wildman–Crippen LogP) is 5.51. The van der Waals surface area contributed by atoms with E-state index in [-0.39, 0.29) is 31.1 Å². The van der Waals surface area contributed by atoms with E-state index in [1.165, 1.54) is 0 Å². The zero-order chi connectivity index (χ0) is 32.5. The smallest absolute Gasteiger partial charge is 0.231 e. The van der Waals surface area contributed by atoms with Crippen molar-refractivity contribution < 1.29 is 19.0 Å². The van der Waals surface area contributed by atoms with E-state index in [0.717, 1.165) is 40.4 Å². The summed E-state index contributed by atoms with van der Waals surface area (Å²) >= 11 is 5.95. The van der Waals surface area contributed by atoms with Crippen LogP contribution < -0.4 is 24.8 Å². The monoisotopic (exact) mass is 638 g/mol. The molecule has 0 radical (unpaired) electrons. The Bertz CT molecular complexity index is 1680. The Balaban J connectivity index is 1.31. The quantitative estimate of drug-likeness (QED) is 0.183. The third-order valence-corrected chi connectivity index (χ3v) is 8.47. The van der Waals surface area contributed by atoms with Crippen LogP contribution in [0.25, 0.3) is 0 Å². The molecule has 0 aliphatic carbocycles. The molecular weight excluding hydrogens is 600 g/mol. The van der Waals surface area contributed by atoms with E-state index in [0.29, 0.717) is 36.1 Å². The van der Waals surface area contributed by atoms with Crippen LogP contribution in [-0.2, 0) is 24.3 Å². The lowest BCUT2D eigenvalue weighted by atomic mass is 9.98. The van der Waals surface area contributed by atoms with E-state index in [2.05, 4.69) is 40.4 Å². The summed E-state index contributed by atoms with van der Waals surface area (Å²) in [6, 6.07) is 22.8. The lowest BCUT2D eigenvalue weighted by Crippen LogP contribution is -2.50. The molecular formula is C35H38N6O4S. The Labute approximate surface area is 274 Å². The van der Waals surface area contributed by atoms with Gasteiger partial charge in [-0.05, 0) is 77.8 Å². The molecule has 1 aliphatic heterocycles. The molecule has 2 N–H and O–H groups in total. The number of thiocarbonyl (C=S) groups is 1. The molecule has 1 aromatic heterocycles. The van der Waals surface area contributed by atoms with Crippen molar-refractivity contribution in [3.63, 3.8) is 0 Å². The number of ether oxygens (including phenoxy) is 3. The second-order valence-electron chi connectivity index (χ2n) is 11.3. The minimum absolute atomic E-state index is 0.0936. The summed E-state index contributed by atoms with van der Waals surface area (Å²) in [6.45, 7) is 6.00. The first-order valence-electron chi connectivity index (χ1n) is 15.2. The average Bonchev–Trinajstić information content (AvgIpc) is 3.73. The highest BCUT2D eigenvalue weighted by atomic mass is 32.1. The summed E-state index contributed by atoms with van der Waals surface area (Å²) in [5.74, 6) is 2.26. The topological polar surface area (TPSA) is 114 Å². The Kier molecular flexibility index (Phi) is 10.7. The van der Waals surface area contributed by atoms with Crippen LogP contribution in [0.15, 0.2) is 79.3 Å². The molecule has 0 unspecified atom stereocenters. The molecule has 1 aliphatic rings. The first kappa shape index (κ1) is 32.3. The van der Waals surface area contributed by atoms with Crippen LogP contribution in [0.4, 0.5) is 5.69 Å². The molecule has 1 amide bonds. The lowest BCUT2D eigenvalue weighted by molar-refractivity contribution is -0.121. The molecule has 11 heteroatoms. The zero-order valence-electron chi connectivity index (χ0n) is 26.2. The number of amides is 1. The number of methoxy groups -OCH3 is 1. The number of nitriles is 1. The lowest BCUT2D eigenvalue weighted by Gasteiger charge is -2.33. The van der Waals surface area contributed by atoms with Gasteiger partial charge in [0.05, 0.1) is 31.5 Å². The minimum atomic E-state index is -0.183. The van der Waals surface area contributed by atoms with Crippen molar-refractivity contribution in [1.82, 2.24) is 19.8 Å². The number of hydrogen-bond acceptors (Lipinski definition) is 7. The van der Waals surface area contributed by atoms with Gasteiger partial charge < -0.3 is 34.3 Å². The van der Waals surface area contributed by atoms with Gasteiger partial charge in [-0.2, -0.15) is 5.26 Å². The van der Waals surface area contributed by atoms with Crippen molar-refractivity contribution in [2.24, 2.45) is 5.92 Å². The highest BCUT2D eigenvalue weighted by Gasteiger charge is 2.25. The first-order chi connectivity index (χ1) is 22.3. The fraction of sp³-hybridized carbons (Fsp3) is 0.314. The first-order valence-corrected chi connectivity index (χ1v) is 15.6. The van der Waals surface area contributed by atoms with E-state index >= 15 is 0 Å². The molecule has 5 rings (SSSR count). The van der Waals surface area contributed by atoms with Gasteiger partial charge in [-0.3, -0.25) is 4.79 Å². The van der Waals surface area contributed by atoms with Gasteiger partial charge >= 0.3 is 0 Å². The summed E-state index contributed by atoms with van der Waals surface area (Å²) in [5.41, 5.74) is 4.27. The van der Waals surface area contributed by atoms with Crippen LogP contribution in [0.3, 0.4) is 0 Å².